The summed E-state index contributed by atoms with van der Waals surface area (Å²) in [5, 5.41) is 0.479. The topological polar surface area (TPSA) is 38.2 Å². The number of aromatic nitrogens is 2. The van der Waals surface area contributed by atoms with E-state index in [9.17, 15) is 0 Å². The van der Waals surface area contributed by atoms with E-state index in [1.807, 2.05) is 13.0 Å². The zero-order valence-electron chi connectivity index (χ0n) is 13.0. The van der Waals surface area contributed by atoms with Crippen LogP contribution in [0.25, 0.3) is 0 Å². The average Bonchev–Trinajstić information content (AvgIpc) is 2.46. The zero-order valence-corrected chi connectivity index (χ0v) is 13.8. The van der Waals surface area contributed by atoms with E-state index in [1.54, 1.807) is 0 Å². The molecule has 1 heterocycles. The Balaban J connectivity index is 2.87. The smallest absolute Gasteiger partial charge is 0.158 e. The third kappa shape index (κ3) is 5.25. The summed E-state index contributed by atoms with van der Waals surface area (Å²) >= 11 is 6.10. The largest absolute Gasteiger partial charge is 0.374 e. The van der Waals surface area contributed by atoms with Crippen LogP contribution in [0.2, 0.25) is 5.15 Å². The minimum absolute atomic E-state index is 0.409. The number of hydrogen-bond acceptors (Lipinski definition) is 4. The van der Waals surface area contributed by atoms with E-state index in [-0.39, 0.29) is 0 Å². The van der Waals surface area contributed by atoms with Gasteiger partial charge in [0, 0.05) is 25.8 Å². The molecule has 1 rings (SSSR count). The molecule has 0 amide bonds. The van der Waals surface area contributed by atoms with E-state index in [0.717, 1.165) is 18.9 Å². The van der Waals surface area contributed by atoms with Crippen molar-refractivity contribution in [2.24, 2.45) is 5.92 Å². The highest BCUT2D eigenvalue weighted by Gasteiger charge is 2.14. The molecule has 0 aliphatic carbocycles. The van der Waals surface area contributed by atoms with Crippen LogP contribution in [0.15, 0.2) is 6.07 Å². The van der Waals surface area contributed by atoms with Gasteiger partial charge in [0.25, 0.3) is 0 Å². The van der Waals surface area contributed by atoms with Gasteiger partial charge in [-0.1, -0.05) is 38.3 Å². The molecule has 0 bridgehead atoms. The van der Waals surface area contributed by atoms with E-state index in [0.29, 0.717) is 30.1 Å². The Hall–Kier alpha value is -0.870. The Bertz CT molecular complexity index is 397. The van der Waals surface area contributed by atoms with Crippen molar-refractivity contribution in [1.29, 1.82) is 0 Å². The highest BCUT2D eigenvalue weighted by atomic mass is 35.5. The lowest BCUT2D eigenvalue weighted by molar-refractivity contribution is 0.128. The van der Waals surface area contributed by atoms with Gasteiger partial charge >= 0.3 is 0 Å². The molecule has 1 aromatic rings. The summed E-state index contributed by atoms with van der Waals surface area (Å²) in [6.07, 6.45) is 2.36. The fourth-order valence-electron chi connectivity index (χ4n) is 2.11. The van der Waals surface area contributed by atoms with Crippen LogP contribution in [0.1, 0.15) is 46.4 Å². The maximum absolute atomic E-state index is 6.10. The lowest BCUT2D eigenvalue weighted by Crippen LogP contribution is -2.30. The first-order valence-electron chi connectivity index (χ1n) is 7.50. The Labute approximate surface area is 127 Å². The zero-order chi connectivity index (χ0) is 15.0. The fraction of sp³-hybridized carbons (Fsp3) is 0.733. The van der Waals surface area contributed by atoms with Gasteiger partial charge in [-0.05, 0) is 19.8 Å². The molecule has 114 valence electrons. The maximum Gasteiger partial charge on any atom is 0.158 e. The molecule has 0 aliphatic rings. The van der Waals surface area contributed by atoms with Crippen molar-refractivity contribution >= 4 is 17.4 Å². The second-order valence-electron chi connectivity index (χ2n) is 4.82. The molecular formula is C15H26ClN3O. The maximum atomic E-state index is 6.10. The molecule has 0 aromatic carbocycles. The number of nitrogens with zero attached hydrogens (tertiary/aromatic N) is 3. The van der Waals surface area contributed by atoms with Crippen molar-refractivity contribution in [3.8, 4) is 0 Å². The second kappa shape index (κ2) is 9.14. The van der Waals surface area contributed by atoms with Crippen LogP contribution >= 0.6 is 11.6 Å². The molecule has 0 atom stereocenters. The molecule has 0 unspecified atom stereocenters. The van der Waals surface area contributed by atoms with Gasteiger partial charge in [0.05, 0.1) is 0 Å². The number of anilines is 1. The quantitative estimate of drug-likeness (QED) is 0.648. The first-order chi connectivity index (χ1) is 9.64. The van der Waals surface area contributed by atoms with Gasteiger partial charge < -0.3 is 9.64 Å². The molecule has 0 spiro atoms. The minimum Gasteiger partial charge on any atom is -0.374 e. The molecular weight excluding hydrogens is 274 g/mol. The Kier molecular flexibility index (Phi) is 7.85. The van der Waals surface area contributed by atoms with E-state index in [1.165, 1.54) is 12.8 Å². The van der Waals surface area contributed by atoms with E-state index in [4.69, 9.17) is 16.3 Å². The normalized spacial score (nSPS) is 11.1. The third-order valence-electron chi connectivity index (χ3n) is 3.50. The third-order valence-corrected chi connectivity index (χ3v) is 3.70. The van der Waals surface area contributed by atoms with Crippen molar-refractivity contribution in [2.45, 2.75) is 47.1 Å². The Morgan fingerprint density at radius 2 is 1.90 bits per heavy atom. The van der Waals surface area contributed by atoms with E-state index < -0.39 is 0 Å². The highest BCUT2D eigenvalue weighted by Crippen LogP contribution is 2.19. The van der Waals surface area contributed by atoms with Crippen LogP contribution in [0.5, 0.6) is 0 Å². The summed E-state index contributed by atoms with van der Waals surface area (Å²) in [7, 11) is 0. The second-order valence-corrected chi connectivity index (χ2v) is 5.21. The van der Waals surface area contributed by atoms with Crippen LogP contribution in [0, 0.1) is 5.92 Å². The van der Waals surface area contributed by atoms with Gasteiger partial charge in [-0.15, -0.1) is 0 Å². The van der Waals surface area contributed by atoms with Crippen LogP contribution < -0.4 is 4.90 Å². The molecule has 0 aliphatic heterocycles. The predicted octanol–water partition coefficient (Wildman–Crippen LogP) is 3.93. The Morgan fingerprint density at radius 3 is 2.45 bits per heavy atom. The van der Waals surface area contributed by atoms with Gasteiger partial charge in [-0.2, -0.15) is 0 Å². The van der Waals surface area contributed by atoms with Crippen LogP contribution in [0.3, 0.4) is 0 Å². The summed E-state index contributed by atoms with van der Waals surface area (Å²) in [5.41, 5.74) is 0. The van der Waals surface area contributed by atoms with E-state index >= 15 is 0 Å². The molecule has 1 aromatic heterocycles. The molecule has 5 heteroatoms. The van der Waals surface area contributed by atoms with Crippen LogP contribution in [-0.2, 0) is 11.3 Å². The number of ether oxygens (including phenoxy) is 1. The van der Waals surface area contributed by atoms with Gasteiger partial charge in [0.1, 0.15) is 17.6 Å². The first-order valence-corrected chi connectivity index (χ1v) is 7.88. The van der Waals surface area contributed by atoms with Gasteiger partial charge in [0.2, 0.25) is 0 Å². The lowest BCUT2D eigenvalue weighted by atomic mass is 10.0. The highest BCUT2D eigenvalue weighted by molar-refractivity contribution is 6.29. The Morgan fingerprint density at radius 1 is 1.20 bits per heavy atom. The summed E-state index contributed by atoms with van der Waals surface area (Å²) < 4.78 is 5.36. The molecule has 0 radical (unpaired) electrons. The summed E-state index contributed by atoms with van der Waals surface area (Å²) in [4.78, 5) is 11.0. The number of rotatable bonds is 9. The number of halogens is 1. The predicted molar refractivity (Wildman–Crippen MR) is 84.3 cm³/mol. The SMILES string of the molecule is CCOCc1nc(Cl)cc(N(CC)CC(CC)CC)n1. The fourth-order valence-corrected chi connectivity index (χ4v) is 2.31. The molecule has 4 nitrogen and oxygen atoms in total. The summed E-state index contributed by atoms with van der Waals surface area (Å²) in [5.74, 6) is 2.23. The lowest BCUT2D eigenvalue weighted by Gasteiger charge is -2.26. The van der Waals surface area contributed by atoms with Gasteiger partial charge in [-0.25, -0.2) is 9.97 Å². The van der Waals surface area contributed by atoms with Gasteiger partial charge in [-0.3, -0.25) is 0 Å². The van der Waals surface area contributed by atoms with Crippen LogP contribution in [0.4, 0.5) is 5.82 Å². The minimum atomic E-state index is 0.409. The number of hydrogen-bond donors (Lipinski definition) is 0. The molecule has 0 saturated heterocycles. The van der Waals surface area contributed by atoms with Crippen molar-refractivity contribution in [1.82, 2.24) is 9.97 Å². The summed E-state index contributed by atoms with van der Waals surface area (Å²) in [6.45, 7) is 11.5. The van der Waals surface area contributed by atoms with Crippen molar-refractivity contribution < 1.29 is 4.74 Å². The first kappa shape index (κ1) is 17.2. The summed E-state index contributed by atoms with van der Waals surface area (Å²) in [6, 6.07) is 1.84. The molecule has 20 heavy (non-hydrogen) atoms. The molecule has 0 saturated carbocycles. The van der Waals surface area contributed by atoms with E-state index in [2.05, 4.69) is 35.6 Å². The average molecular weight is 300 g/mol. The standard InChI is InChI=1S/C15H26ClN3O/c1-5-12(6-2)10-19(7-3)15-9-13(16)17-14(18-15)11-20-8-4/h9,12H,5-8,10-11H2,1-4H3. The van der Waals surface area contributed by atoms with Gasteiger partial charge in [0.15, 0.2) is 5.82 Å². The molecule has 0 N–H and O–H groups in total. The monoisotopic (exact) mass is 299 g/mol. The van der Waals surface area contributed by atoms with Crippen LogP contribution in [-0.4, -0.2) is 29.7 Å². The van der Waals surface area contributed by atoms with Crippen molar-refractivity contribution in [2.75, 3.05) is 24.6 Å². The molecule has 0 fully saturated rings. The van der Waals surface area contributed by atoms with Crippen molar-refractivity contribution in [3.05, 3.63) is 17.0 Å². The van der Waals surface area contributed by atoms with Crippen molar-refractivity contribution in [3.63, 3.8) is 0 Å².